The SMILES string of the molecule is CCN(CC(=O)c1c(F)cccc1F)c1ccc(F)cc1. The molecule has 0 spiro atoms. The van der Waals surface area contributed by atoms with Crippen LogP contribution in [0, 0.1) is 17.5 Å². The van der Waals surface area contributed by atoms with Gasteiger partial charge in [-0.3, -0.25) is 4.79 Å². The van der Waals surface area contributed by atoms with Crippen LogP contribution in [0.5, 0.6) is 0 Å². The van der Waals surface area contributed by atoms with Crippen molar-refractivity contribution in [2.75, 3.05) is 18.0 Å². The topological polar surface area (TPSA) is 20.3 Å². The zero-order chi connectivity index (χ0) is 15.4. The van der Waals surface area contributed by atoms with E-state index >= 15 is 0 Å². The summed E-state index contributed by atoms with van der Waals surface area (Å²) in [7, 11) is 0. The van der Waals surface area contributed by atoms with E-state index in [-0.39, 0.29) is 12.4 Å². The summed E-state index contributed by atoms with van der Waals surface area (Å²) in [6.07, 6.45) is 0. The normalized spacial score (nSPS) is 10.5. The number of ketones is 1. The number of carbonyl (C=O) groups excluding carboxylic acids is 1. The first-order valence-corrected chi connectivity index (χ1v) is 6.50. The Kier molecular flexibility index (Phi) is 4.62. The molecule has 0 N–H and O–H groups in total. The zero-order valence-electron chi connectivity index (χ0n) is 11.4. The van der Waals surface area contributed by atoms with Gasteiger partial charge >= 0.3 is 0 Å². The minimum atomic E-state index is -0.879. The number of Topliss-reactive ketones (excluding diaryl/α,β-unsaturated/α-hetero) is 1. The predicted octanol–water partition coefficient (Wildman–Crippen LogP) is 3.81. The second-order valence-electron chi connectivity index (χ2n) is 4.51. The van der Waals surface area contributed by atoms with Crippen molar-refractivity contribution >= 4 is 11.5 Å². The number of hydrogen-bond acceptors (Lipinski definition) is 2. The van der Waals surface area contributed by atoms with Gasteiger partial charge in [-0.15, -0.1) is 0 Å². The van der Waals surface area contributed by atoms with Gasteiger partial charge in [-0.05, 0) is 43.3 Å². The first-order valence-electron chi connectivity index (χ1n) is 6.50. The molecule has 0 saturated carbocycles. The molecule has 0 aliphatic carbocycles. The van der Waals surface area contributed by atoms with Gasteiger partial charge in [0, 0.05) is 12.2 Å². The smallest absolute Gasteiger partial charge is 0.187 e. The predicted molar refractivity (Wildman–Crippen MR) is 75.0 cm³/mol. The Morgan fingerprint density at radius 2 is 1.57 bits per heavy atom. The number of benzene rings is 2. The van der Waals surface area contributed by atoms with Crippen molar-refractivity contribution in [3.63, 3.8) is 0 Å². The lowest BCUT2D eigenvalue weighted by Gasteiger charge is -2.22. The minimum absolute atomic E-state index is 0.181. The zero-order valence-corrected chi connectivity index (χ0v) is 11.4. The Bertz CT molecular complexity index is 620. The van der Waals surface area contributed by atoms with Crippen LogP contribution < -0.4 is 4.90 Å². The first kappa shape index (κ1) is 15.1. The van der Waals surface area contributed by atoms with Gasteiger partial charge < -0.3 is 4.90 Å². The summed E-state index contributed by atoms with van der Waals surface area (Å²) in [5, 5.41) is 0. The molecule has 0 amide bonds. The lowest BCUT2D eigenvalue weighted by Crippen LogP contribution is -2.30. The van der Waals surface area contributed by atoms with Crippen LogP contribution in [-0.2, 0) is 0 Å². The molecule has 0 fully saturated rings. The van der Waals surface area contributed by atoms with E-state index in [1.54, 1.807) is 11.8 Å². The highest BCUT2D eigenvalue weighted by atomic mass is 19.1. The lowest BCUT2D eigenvalue weighted by atomic mass is 10.1. The maximum Gasteiger partial charge on any atom is 0.187 e. The molecule has 110 valence electrons. The maximum atomic E-state index is 13.6. The molecular weight excluding hydrogens is 279 g/mol. The Hall–Kier alpha value is -2.30. The standard InChI is InChI=1S/C16H14F3NO/c1-2-20(12-8-6-11(17)7-9-12)10-15(21)16-13(18)4-3-5-14(16)19/h3-9H,2,10H2,1H3. The van der Waals surface area contributed by atoms with Crippen molar-refractivity contribution in [2.24, 2.45) is 0 Å². The fraction of sp³-hybridized carbons (Fsp3) is 0.188. The van der Waals surface area contributed by atoms with Crippen LogP contribution in [-0.4, -0.2) is 18.9 Å². The van der Waals surface area contributed by atoms with Gasteiger partial charge in [0.25, 0.3) is 0 Å². The molecule has 5 heteroatoms. The molecule has 0 aliphatic rings. The fourth-order valence-electron chi connectivity index (χ4n) is 2.05. The van der Waals surface area contributed by atoms with Crippen molar-refractivity contribution in [3.05, 3.63) is 65.5 Å². The van der Waals surface area contributed by atoms with Crippen molar-refractivity contribution in [1.82, 2.24) is 0 Å². The van der Waals surface area contributed by atoms with Crippen LogP contribution in [0.25, 0.3) is 0 Å². The monoisotopic (exact) mass is 293 g/mol. The molecule has 2 rings (SSSR count). The summed E-state index contributed by atoms with van der Waals surface area (Å²) in [5.74, 6) is -2.80. The van der Waals surface area contributed by atoms with E-state index < -0.39 is 23.0 Å². The molecule has 0 unspecified atom stereocenters. The Balaban J connectivity index is 2.22. The average Bonchev–Trinajstić information content (AvgIpc) is 2.45. The van der Waals surface area contributed by atoms with Crippen LogP contribution in [0.3, 0.4) is 0 Å². The van der Waals surface area contributed by atoms with Crippen molar-refractivity contribution in [1.29, 1.82) is 0 Å². The second kappa shape index (κ2) is 6.43. The number of anilines is 1. The lowest BCUT2D eigenvalue weighted by molar-refractivity contribution is 0.0991. The summed E-state index contributed by atoms with van der Waals surface area (Å²) < 4.78 is 40.1. The molecule has 2 nitrogen and oxygen atoms in total. The van der Waals surface area contributed by atoms with E-state index in [0.29, 0.717) is 12.2 Å². The summed E-state index contributed by atoms with van der Waals surface area (Å²) in [6.45, 7) is 2.07. The summed E-state index contributed by atoms with van der Waals surface area (Å²) in [6, 6.07) is 8.87. The molecule has 0 aromatic heterocycles. The number of halogens is 3. The Morgan fingerprint density at radius 1 is 1.00 bits per heavy atom. The van der Waals surface area contributed by atoms with Gasteiger partial charge in [-0.1, -0.05) is 6.07 Å². The summed E-state index contributed by atoms with van der Waals surface area (Å²) in [4.78, 5) is 13.7. The van der Waals surface area contributed by atoms with E-state index in [0.717, 1.165) is 12.1 Å². The molecule has 0 atom stereocenters. The van der Waals surface area contributed by atoms with Crippen LogP contribution in [0.4, 0.5) is 18.9 Å². The average molecular weight is 293 g/mol. The number of nitrogens with zero attached hydrogens (tertiary/aromatic N) is 1. The van der Waals surface area contributed by atoms with Crippen LogP contribution >= 0.6 is 0 Å². The molecule has 0 saturated heterocycles. The first-order chi connectivity index (χ1) is 10.0. The molecule has 0 radical (unpaired) electrons. The van der Waals surface area contributed by atoms with E-state index in [1.165, 1.54) is 30.3 Å². The second-order valence-corrected chi connectivity index (χ2v) is 4.51. The molecular formula is C16H14F3NO. The summed E-state index contributed by atoms with van der Waals surface area (Å²) >= 11 is 0. The van der Waals surface area contributed by atoms with E-state index in [9.17, 15) is 18.0 Å². The van der Waals surface area contributed by atoms with Gasteiger partial charge in [0.2, 0.25) is 0 Å². The highest BCUT2D eigenvalue weighted by molar-refractivity contribution is 5.99. The van der Waals surface area contributed by atoms with Crippen LogP contribution in [0.15, 0.2) is 42.5 Å². The van der Waals surface area contributed by atoms with Gasteiger partial charge in [0.05, 0.1) is 12.1 Å². The third kappa shape index (κ3) is 3.42. The highest BCUT2D eigenvalue weighted by Gasteiger charge is 2.19. The van der Waals surface area contributed by atoms with Gasteiger partial charge in [0.1, 0.15) is 17.5 Å². The van der Waals surface area contributed by atoms with Gasteiger partial charge in [0.15, 0.2) is 5.78 Å². The third-order valence-electron chi connectivity index (χ3n) is 3.15. The quantitative estimate of drug-likeness (QED) is 0.781. The fourth-order valence-corrected chi connectivity index (χ4v) is 2.05. The Labute approximate surface area is 120 Å². The highest BCUT2D eigenvalue weighted by Crippen LogP contribution is 2.18. The van der Waals surface area contributed by atoms with Gasteiger partial charge in [-0.25, -0.2) is 13.2 Å². The van der Waals surface area contributed by atoms with Crippen molar-refractivity contribution in [3.8, 4) is 0 Å². The minimum Gasteiger partial charge on any atom is -0.364 e. The largest absolute Gasteiger partial charge is 0.364 e. The van der Waals surface area contributed by atoms with E-state index in [1.807, 2.05) is 0 Å². The molecule has 2 aromatic carbocycles. The van der Waals surface area contributed by atoms with Crippen molar-refractivity contribution in [2.45, 2.75) is 6.92 Å². The number of hydrogen-bond donors (Lipinski definition) is 0. The van der Waals surface area contributed by atoms with Crippen molar-refractivity contribution < 1.29 is 18.0 Å². The van der Waals surface area contributed by atoms with Crippen LogP contribution in [0.2, 0.25) is 0 Å². The maximum absolute atomic E-state index is 13.6. The van der Waals surface area contributed by atoms with E-state index in [2.05, 4.69) is 0 Å². The number of carbonyl (C=O) groups is 1. The van der Waals surface area contributed by atoms with E-state index in [4.69, 9.17) is 0 Å². The van der Waals surface area contributed by atoms with Gasteiger partial charge in [-0.2, -0.15) is 0 Å². The third-order valence-corrected chi connectivity index (χ3v) is 3.15. The molecule has 21 heavy (non-hydrogen) atoms. The summed E-state index contributed by atoms with van der Waals surface area (Å²) in [5.41, 5.74) is 0.0714. The molecule has 2 aromatic rings. The number of likely N-dealkylation sites (N-methyl/N-ethyl adjacent to an activating group) is 1. The molecule has 0 bridgehead atoms. The molecule has 0 aliphatic heterocycles. The Morgan fingerprint density at radius 3 is 2.10 bits per heavy atom. The molecule has 0 heterocycles. The number of rotatable bonds is 5. The van der Waals surface area contributed by atoms with Crippen LogP contribution in [0.1, 0.15) is 17.3 Å².